The maximum atomic E-state index is 11.2. The number of nitrogens with one attached hydrogen (secondary N) is 1. The van der Waals surface area contributed by atoms with Crippen molar-refractivity contribution in [1.82, 2.24) is 5.32 Å². The molecule has 0 saturated carbocycles. The number of fused-ring (bicyclic) bond motifs is 1. The minimum Gasteiger partial charge on any atom is -0.480 e. The lowest BCUT2D eigenvalue weighted by atomic mass is 9.91. The van der Waals surface area contributed by atoms with Gasteiger partial charge in [0.15, 0.2) is 0 Å². The molecule has 16 heavy (non-hydrogen) atoms. The van der Waals surface area contributed by atoms with Crippen molar-refractivity contribution in [3.8, 4) is 0 Å². The molecular weight excluding hydrogens is 293 g/mol. The van der Waals surface area contributed by atoms with Crippen molar-refractivity contribution in [2.45, 2.75) is 25.4 Å². The molecule has 1 heterocycles. The van der Waals surface area contributed by atoms with Crippen LogP contribution in [0, 0.1) is 0 Å². The van der Waals surface area contributed by atoms with Gasteiger partial charge < -0.3 is 5.11 Å². The lowest BCUT2D eigenvalue weighted by Gasteiger charge is -2.29. The normalized spacial score (nSPS) is 23.9. The number of carboxylic acids is 1. The molecule has 0 fully saturated rings. The molecule has 1 aromatic rings. The summed E-state index contributed by atoms with van der Waals surface area (Å²) in [5.74, 6) is -0.873. The molecule has 1 aliphatic heterocycles. The van der Waals surface area contributed by atoms with Gasteiger partial charge in [-0.2, -0.15) is 0 Å². The number of aliphatic carboxylic acids is 1. The molecule has 1 aliphatic rings. The summed E-state index contributed by atoms with van der Waals surface area (Å²) in [5.41, 5.74) is 1.79. The van der Waals surface area contributed by atoms with Gasteiger partial charge >= 0.3 is 5.97 Å². The Kier molecular flexibility index (Phi) is 3.24. The van der Waals surface area contributed by atoms with Crippen molar-refractivity contribution < 1.29 is 9.90 Å². The fourth-order valence-electron chi connectivity index (χ4n) is 2.04. The number of halogens is 2. The molecule has 2 unspecified atom stereocenters. The van der Waals surface area contributed by atoms with Gasteiger partial charge in [-0.15, -0.1) is 0 Å². The molecule has 0 aliphatic carbocycles. The highest BCUT2D eigenvalue weighted by Crippen LogP contribution is 2.34. The van der Waals surface area contributed by atoms with E-state index in [1.54, 1.807) is 12.1 Å². The van der Waals surface area contributed by atoms with Gasteiger partial charge in [-0.3, -0.25) is 10.1 Å². The van der Waals surface area contributed by atoms with Gasteiger partial charge in [0.25, 0.3) is 0 Å². The largest absolute Gasteiger partial charge is 0.480 e. The summed E-state index contributed by atoms with van der Waals surface area (Å²) in [5, 5.41) is 12.8. The number of hydrogen-bond donors (Lipinski definition) is 2. The highest BCUT2D eigenvalue weighted by atomic mass is 79.9. The third-order valence-corrected chi connectivity index (χ3v) is 3.64. The van der Waals surface area contributed by atoms with Crippen molar-refractivity contribution in [3.05, 3.63) is 32.8 Å². The van der Waals surface area contributed by atoms with E-state index < -0.39 is 12.0 Å². The minimum absolute atomic E-state index is 0.145. The van der Waals surface area contributed by atoms with Crippen LogP contribution < -0.4 is 5.32 Å². The van der Waals surface area contributed by atoms with Gasteiger partial charge in [0, 0.05) is 15.5 Å². The standard InChI is InChI=1S/C11H11BrClNO2/c1-5-2-7-8(10(14-5)11(15)16)3-6(13)4-9(7)12/h3-5,10,14H,2H2,1H3,(H,15,16). The molecule has 5 heteroatoms. The number of carboxylic acid groups (broad SMARTS) is 1. The SMILES string of the molecule is CC1Cc2c(Br)cc(Cl)cc2C(C(=O)O)N1. The zero-order valence-corrected chi connectivity index (χ0v) is 11.0. The van der Waals surface area contributed by atoms with Gasteiger partial charge in [-0.05, 0) is 36.6 Å². The average molecular weight is 305 g/mol. The van der Waals surface area contributed by atoms with E-state index >= 15 is 0 Å². The quantitative estimate of drug-likeness (QED) is 0.839. The summed E-state index contributed by atoms with van der Waals surface area (Å²) in [6.07, 6.45) is 0.802. The molecule has 0 saturated heterocycles. The van der Waals surface area contributed by atoms with Crippen molar-refractivity contribution in [3.63, 3.8) is 0 Å². The first-order valence-corrected chi connectivity index (χ1v) is 6.13. The predicted octanol–water partition coefficient (Wildman–Crippen LogP) is 2.76. The van der Waals surface area contributed by atoms with E-state index in [4.69, 9.17) is 16.7 Å². The average Bonchev–Trinajstić information content (AvgIpc) is 2.18. The molecule has 0 bridgehead atoms. The Balaban J connectivity index is 2.56. The maximum absolute atomic E-state index is 11.2. The van der Waals surface area contributed by atoms with Crippen molar-refractivity contribution in [1.29, 1.82) is 0 Å². The van der Waals surface area contributed by atoms with Gasteiger partial charge in [0.05, 0.1) is 0 Å². The van der Waals surface area contributed by atoms with E-state index in [2.05, 4.69) is 21.2 Å². The highest BCUT2D eigenvalue weighted by Gasteiger charge is 2.30. The van der Waals surface area contributed by atoms with Crippen LogP contribution in [0.1, 0.15) is 24.1 Å². The van der Waals surface area contributed by atoms with Crippen LogP contribution in [0.25, 0.3) is 0 Å². The second-order valence-electron chi connectivity index (χ2n) is 4.00. The van der Waals surface area contributed by atoms with E-state index in [9.17, 15) is 4.79 Å². The number of rotatable bonds is 1. The van der Waals surface area contributed by atoms with Crippen molar-refractivity contribution in [2.75, 3.05) is 0 Å². The Hall–Kier alpha value is -0.580. The zero-order valence-electron chi connectivity index (χ0n) is 8.63. The highest BCUT2D eigenvalue weighted by molar-refractivity contribution is 9.10. The smallest absolute Gasteiger partial charge is 0.325 e. The molecule has 0 aromatic heterocycles. The zero-order chi connectivity index (χ0) is 11.9. The third kappa shape index (κ3) is 2.10. The Morgan fingerprint density at radius 1 is 1.62 bits per heavy atom. The Morgan fingerprint density at radius 2 is 2.31 bits per heavy atom. The van der Waals surface area contributed by atoms with E-state index in [1.807, 2.05) is 6.92 Å². The second kappa shape index (κ2) is 4.35. The van der Waals surface area contributed by atoms with Crippen LogP contribution in [0.5, 0.6) is 0 Å². The molecule has 86 valence electrons. The Labute approximate surface area is 107 Å². The first-order valence-electron chi connectivity index (χ1n) is 4.95. The van der Waals surface area contributed by atoms with Crippen LogP contribution in [-0.4, -0.2) is 17.1 Å². The molecule has 0 amide bonds. The van der Waals surface area contributed by atoms with Crippen LogP contribution in [-0.2, 0) is 11.2 Å². The molecule has 0 radical (unpaired) electrons. The minimum atomic E-state index is -0.873. The van der Waals surface area contributed by atoms with Crippen LogP contribution in [0.3, 0.4) is 0 Å². The lowest BCUT2D eigenvalue weighted by molar-refractivity contribution is -0.140. The van der Waals surface area contributed by atoms with E-state index in [0.29, 0.717) is 5.02 Å². The molecule has 2 rings (SSSR count). The van der Waals surface area contributed by atoms with Gasteiger partial charge in [-0.25, -0.2) is 0 Å². The summed E-state index contributed by atoms with van der Waals surface area (Å²) in [4.78, 5) is 11.2. The van der Waals surface area contributed by atoms with Gasteiger partial charge in [-0.1, -0.05) is 27.5 Å². The van der Waals surface area contributed by atoms with Crippen LogP contribution in [0.15, 0.2) is 16.6 Å². The maximum Gasteiger partial charge on any atom is 0.325 e. The molecule has 1 aromatic carbocycles. The summed E-state index contributed by atoms with van der Waals surface area (Å²) >= 11 is 9.37. The summed E-state index contributed by atoms with van der Waals surface area (Å²) in [6.45, 7) is 1.97. The lowest BCUT2D eigenvalue weighted by Crippen LogP contribution is -2.41. The molecule has 2 N–H and O–H groups in total. The Bertz CT molecular complexity index is 450. The molecule has 3 nitrogen and oxygen atoms in total. The number of carbonyl (C=O) groups is 1. The van der Waals surface area contributed by atoms with E-state index in [-0.39, 0.29) is 6.04 Å². The molecular formula is C11H11BrClNO2. The summed E-state index contributed by atoms with van der Waals surface area (Å²) < 4.78 is 0.884. The van der Waals surface area contributed by atoms with Crippen molar-refractivity contribution >= 4 is 33.5 Å². The van der Waals surface area contributed by atoms with Crippen LogP contribution in [0.2, 0.25) is 5.02 Å². The molecule has 0 spiro atoms. The molecule has 2 atom stereocenters. The van der Waals surface area contributed by atoms with Gasteiger partial charge in [0.1, 0.15) is 6.04 Å². The number of hydrogen-bond acceptors (Lipinski definition) is 2. The van der Waals surface area contributed by atoms with E-state index in [0.717, 1.165) is 22.0 Å². The fourth-order valence-corrected chi connectivity index (χ4v) is 3.04. The fraction of sp³-hybridized carbons (Fsp3) is 0.364. The van der Waals surface area contributed by atoms with E-state index in [1.165, 1.54) is 0 Å². The second-order valence-corrected chi connectivity index (χ2v) is 5.29. The number of benzene rings is 1. The monoisotopic (exact) mass is 303 g/mol. The van der Waals surface area contributed by atoms with Crippen LogP contribution in [0.4, 0.5) is 0 Å². The predicted molar refractivity (Wildman–Crippen MR) is 65.8 cm³/mol. The topological polar surface area (TPSA) is 49.3 Å². The summed E-state index contributed by atoms with van der Waals surface area (Å²) in [7, 11) is 0. The van der Waals surface area contributed by atoms with Gasteiger partial charge in [0.2, 0.25) is 0 Å². The third-order valence-electron chi connectivity index (χ3n) is 2.71. The van der Waals surface area contributed by atoms with Crippen LogP contribution >= 0.6 is 27.5 Å². The Morgan fingerprint density at radius 3 is 2.94 bits per heavy atom. The summed E-state index contributed by atoms with van der Waals surface area (Å²) in [6, 6.07) is 3.00. The van der Waals surface area contributed by atoms with Crippen molar-refractivity contribution in [2.24, 2.45) is 0 Å². The first-order chi connectivity index (χ1) is 7.49. The first kappa shape index (κ1) is 11.9.